The van der Waals surface area contributed by atoms with Gasteiger partial charge < -0.3 is 10.3 Å². The van der Waals surface area contributed by atoms with E-state index in [4.69, 9.17) is 21.9 Å². The number of nitrogens with two attached hydrogens (primary N) is 1. The summed E-state index contributed by atoms with van der Waals surface area (Å²) in [5.74, 6) is 1.11. The normalized spacial score (nSPS) is 12.6. The average molecular weight is 266 g/mol. The smallest absolute Gasteiger partial charge is 0.243 e. The fourth-order valence-electron chi connectivity index (χ4n) is 1.74. The summed E-state index contributed by atoms with van der Waals surface area (Å²) in [5.41, 5.74) is 6.90. The van der Waals surface area contributed by atoms with E-state index in [0.29, 0.717) is 23.2 Å². The second-order valence-corrected chi connectivity index (χ2v) is 4.62. The summed E-state index contributed by atoms with van der Waals surface area (Å²) in [7, 11) is 0. The van der Waals surface area contributed by atoms with E-state index in [1.165, 1.54) is 0 Å². The number of hydrogen-bond acceptors (Lipinski definition) is 4. The third-order valence-electron chi connectivity index (χ3n) is 2.71. The van der Waals surface area contributed by atoms with Gasteiger partial charge in [-0.25, -0.2) is 0 Å². The molecule has 0 saturated heterocycles. The molecule has 0 aliphatic carbocycles. The number of halogens is 1. The predicted molar refractivity (Wildman–Crippen MR) is 70.4 cm³/mol. The van der Waals surface area contributed by atoms with Crippen molar-refractivity contribution in [3.05, 3.63) is 46.6 Å². The SMILES string of the molecule is CCC[C@@H](N)c1nc(Cc2ccccc2Cl)no1. The van der Waals surface area contributed by atoms with Crippen LogP contribution in [0.1, 0.15) is 43.1 Å². The summed E-state index contributed by atoms with van der Waals surface area (Å²) in [6, 6.07) is 7.45. The largest absolute Gasteiger partial charge is 0.338 e. The van der Waals surface area contributed by atoms with Crippen LogP contribution in [0, 0.1) is 0 Å². The molecule has 2 N–H and O–H groups in total. The molecule has 0 radical (unpaired) electrons. The Labute approximate surface area is 111 Å². The van der Waals surface area contributed by atoms with E-state index < -0.39 is 0 Å². The molecule has 0 saturated carbocycles. The first-order valence-corrected chi connectivity index (χ1v) is 6.40. The first-order valence-electron chi connectivity index (χ1n) is 6.02. The Morgan fingerprint density at radius 3 is 2.89 bits per heavy atom. The highest BCUT2D eigenvalue weighted by atomic mass is 35.5. The fraction of sp³-hybridized carbons (Fsp3) is 0.385. The molecule has 1 atom stereocenters. The van der Waals surface area contributed by atoms with Gasteiger partial charge in [0.2, 0.25) is 5.89 Å². The molecular formula is C13H16ClN3O. The van der Waals surface area contributed by atoms with Gasteiger partial charge in [0.25, 0.3) is 0 Å². The third-order valence-corrected chi connectivity index (χ3v) is 3.08. The summed E-state index contributed by atoms with van der Waals surface area (Å²) < 4.78 is 5.16. The Hall–Kier alpha value is -1.39. The second kappa shape index (κ2) is 5.98. The van der Waals surface area contributed by atoms with Crippen LogP contribution in [-0.4, -0.2) is 10.1 Å². The van der Waals surface area contributed by atoms with Gasteiger partial charge in [0.05, 0.1) is 6.04 Å². The van der Waals surface area contributed by atoms with Crippen LogP contribution >= 0.6 is 11.6 Å². The first-order chi connectivity index (χ1) is 8.70. The Morgan fingerprint density at radius 2 is 2.17 bits per heavy atom. The molecule has 0 spiro atoms. The average Bonchev–Trinajstić information content (AvgIpc) is 2.81. The second-order valence-electron chi connectivity index (χ2n) is 4.21. The number of benzene rings is 1. The molecule has 2 aromatic rings. The van der Waals surface area contributed by atoms with Gasteiger partial charge in [-0.3, -0.25) is 0 Å². The first kappa shape index (κ1) is 13.1. The lowest BCUT2D eigenvalue weighted by Crippen LogP contribution is -2.10. The van der Waals surface area contributed by atoms with Crippen molar-refractivity contribution in [3.63, 3.8) is 0 Å². The minimum absolute atomic E-state index is 0.178. The van der Waals surface area contributed by atoms with Crippen molar-refractivity contribution in [2.24, 2.45) is 5.73 Å². The van der Waals surface area contributed by atoms with Gasteiger partial charge in [0, 0.05) is 11.4 Å². The van der Waals surface area contributed by atoms with E-state index in [0.717, 1.165) is 18.4 Å². The summed E-state index contributed by atoms with van der Waals surface area (Å²) in [4.78, 5) is 4.30. The van der Waals surface area contributed by atoms with Crippen molar-refractivity contribution in [2.75, 3.05) is 0 Å². The molecule has 1 aromatic carbocycles. The summed E-state index contributed by atoms with van der Waals surface area (Å²) in [5, 5.41) is 4.64. The maximum atomic E-state index is 6.08. The van der Waals surface area contributed by atoms with E-state index in [9.17, 15) is 0 Å². The molecule has 0 amide bonds. The van der Waals surface area contributed by atoms with Gasteiger partial charge >= 0.3 is 0 Å². The molecule has 0 fully saturated rings. The van der Waals surface area contributed by atoms with Gasteiger partial charge in [-0.1, -0.05) is 48.3 Å². The molecule has 0 unspecified atom stereocenters. The van der Waals surface area contributed by atoms with Gasteiger partial charge in [-0.05, 0) is 18.1 Å². The minimum Gasteiger partial charge on any atom is -0.338 e. The van der Waals surface area contributed by atoms with Crippen LogP contribution in [0.2, 0.25) is 5.02 Å². The lowest BCUT2D eigenvalue weighted by atomic mass is 10.1. The van der Waals surface area contributed by atoms with E-state index in [-0.39, 0.29) is 6.04 Å². The van der Waals surface area contributed by atoms with Gasteiger partial charge in [-0.15, -0.1) is 0 Å². The molecule has 5 heteroatoms. The molecule has 1 aromatic heterocycles. The lowest BCUT2D eigenvalue weighted by Gasteiger charge is -2.02. The van der Waals surface area contributed by atoms with Crippen molar-refractivity contribution < 1.29 is 4.52 Å². The third kappa shape index (κ3) is 3.09. The zero-order valence-electron chi connectivity index (χ0n) is 10.3. The highest BCUT2D eigenvalue weighted by molar-refractivity contribution is 6.31. The van der Waals surface area contributed by atoms with Gasteiger partial charge in [0.15, 0.2) is 5.82 Å². The van der Waals surface area contributed by atoms with Crippen molar-refractivity contribution in [2.45, 2.75) is 32.2 Å². The fourth-order valence-corrected chi connectivity index (χ4v) is 1.94. The van der Waals surface area contributed by atoms with Crippen LogP contribution in [0.5, 0.6) is 0 Å². The maximum absolute atomic E-state index is 6.08. The van der Waals surface area contributed by atoms with E-state index in [1.807, 2.05) is 24.3 Å². The quantitative estimate of drug-likeness (QED) is 0.902. The number of aromatic nitrogens is 2. The Morgan fingerprint density at radius 1 is 1.39 bits per heavy atom. The highest BCUT2D eigenvalue weighted by Gasteiger charge is 2.14. The monoisotopic (exact) mass is 265 g/mol. The standard InChI is InChI=1S/C13H16ClN3O/c1-2-5-11(15)13-16-12(17-18-13)8-9-6-3-4-7-10(9)14/h3-4,6-7,11H,2,5,8,15H2,1H3/t11-/m1/s1. The summed E-state index contributed by atoms with van der Waals surface area (Å²) in [6.45, 7) is 2.07. The zero-order valence-corrected chi connectivity index (χ0v) is 11.0. The van der Waals surface area contributed by atoms with Crippen molar-refractivity contribution >= 4 is 11.6 Å². The van der Waals surface area contributed by atoms with E-state index >= 15 is 0 Å². The Bertz CT molecular complexity index is 512. The lowest BCUT2D eigenvalue weighted by molar-refractivity contribution is 0.345. The summed E-state index contributed by atoms with van der Waals surface area (Å²) in [6.07, 6.45) is 2.39. The zero-order chi connectivity index (χ0) is 13.0. The van der Waals surface area contributed by atoms with Crippen LogP contribution in [0.15, 0.2) is 28.8 Å². The van der Waals surface area contributed by atoms with Crippen LogP contribution in [-0.2, 0) is 6.42 Å². The molecule has 0 bridgehead atoms. The predicted octanol–water partition coefficient (Wildman–Crippen LogP) is 3.11. The molecule has 2 rings (SSSR count). The highest BCUT2D eigenvalue weighted by Crippen LogP contribution is 2.19. The number of nitrogens with zero attached hydrogens (tertiary/aromatic N) is 2. The Balaban J connectivity index is 2.09. The van der Waals surface area contributed by atoms with Crippen molar-refractivity contribution in [1.82, 2.24) is 10.1 Å². The maximum Gasteiger partial charge on any atom is 0.243 e. The van der Waals surface area contributed by atoms with Crippen LogP contribution in [0.3, 0.4) is 0 Å². The van der Waals surface area contributed by atoms with E-state index in [2.05, 4.69) is 17.1 Å². The Kier molecular flexibility index (Phi) is 4.33. The molecule has 18 heavy (non-hydrogen) atoms. The van der Waals surface area contributed by atoms with Crippen LogP contribution < -0.4 is 5.73 Å². The van der Waals surface area contributed by atoms with E-state index in [1.54, 1.807) is 0 Å². The minimum atomic E-state index is -0.178. The molecule has 4 nitrogen and oxygen atoms in total. The van der Waals surface area contributed by atoms with Crippen LogP contribution in [0.4, 0.5) is 0 Å². The van der Waals surface area contributed by atoms with Crippen molar-refractivity contribution in [3.8, 4) is 0 Å². The molecular weight excluding hydrogens is 250 g/mol. The summed E-state index contributed by atoms with van der Waals surface area (Å²) >= 11 is 6.08. The molecule has 0 aliphatic rings. The van der Waals surface area contributed by atoms with Crippen molar-refractivity contribution in [1.29, 1.82) is 0 Å². The number of hydrogen-bond donors (Lipinski definition) is 1. The molecule has 96 valence electrons. The molecule has 0 aliphatic heterocycles. The van der Waals surface area contributed by atoms with Gasteiger partial charge in [0.1, 0.15) is 0 Å². The number of rotatable bonds is 5. The molecule has 1 heterocycles. The van der Waals surface area contributed by atoms with Crippen LogP contribution in [0.25, 0.3) is 0 Å². The van der Waals surface area contributed by atoms with Gasteiger partial charge in [-0.2, -0.15) is 4.98 Å². The topological polar surface area (TPSA) is 64.9 Å².